The fourth-order valence-electron chi connectivity index (χ4n) is 2.53. The van der Waals surface area contributed by atoms with Crippen LogP contribution < -0.4 is 10.6 Å². The number of nitrogens with one attached hydrogen (secondary N) is 2. The Morgan fingerprint density at radius 3 is 2.62 bits per heavy atom. The number of aromatic nitrogens is 2. The fourth-order valence-corrected chi connectivity index (χ4v) is 2.76. The van der Waals surface area contributed by atoms with E-state index < -0.39 is 0 Å². The normalized spacial score (nSPS) is 11.7. The number of carbonyl (C=O) groups is 1. The van der Waals surface area contributed by atoms with Crippen LogP contribution in [-0.4, -0.2) is 15.9 Å². The Hall–Kier alpha value is -2.92. The molecule has 1 heterocycles. The molecule has 6 heteroatoms. The average Bonchev–Trinajstić information content (AvgIpc) is 2.65. The summed E-state index contributed by atoms with van der Waals surface area (Å²) in [5, 5.41) is 6.73. The summed E-state index contributed by atoms with van der Waals surface area (Å²) in [7, 11) is 0. The summed E-state index contributed by atoms with van der Waals surface area (Å²) < 4.78 is 0. The number of anilines is 2. The van der Waals surface area contributed by atoms with Crippen molar-refractivity contribution >= 4 is 29.1 Å². The Morgan fingerprint density at radius 1 is 1.12 bits per heavy atom. The van der Waals surface area contributed by atoms with Gasteiger partial charge in [-0.05, 0) is 49.2 Å². The molecule has 2 aromatic carbocycles. The molecule has 132 valence electrons. The van der Waals surface area contributed by atoms with Gasteiger partial charge in [-0.15, -0.1) is 0 Å². The number of aryl methyl sites for hydroxylation is 1. The minimum absolute atomic E-state index is 0.117. The van der Waals surface area contributed by atoms with Crippen molar-refractivity contribution in [3.8, 4) is 0 Å². The van der Waals surface area contributed by atoms with Crippen molar-refractivity contribution in [2.24, 2.45) is 0 Å². The zero-order valence-electron chi connectivity index (χ0n) is 14.5. The van der Waals surface area contributed by atoms with Gasteiger partial charge in [-0.1, -0.05) is 41.9 Å². The van der Waals surface area contributed by atoms with Gasteiger partial charge in [0.25, 0.3) is 5.91 Å². The van der Waals surface area contributed by atoms with Gasteiger partial charge in [0.2, 0.25) is 5.95 Å². The summed E-state index contributed by atoms with van der Waals surface area (Å²) in [5.41, 5.74) is 3.14. The van der Waals surface area contributed by atoms with Gasteiger partial charge >= 0.3 is 0 Å². The van der Waals surface area contributed by atoms with E-state index in [2.05, 4.69) is 20.6 Å². The van der Waals surface area contributed by atoms with Gasteiger partial charge in [0.05, 0.1) is 6.04 Å². The van der Waals surface area contributed by atoms with E-state index >= 15 is 0 Å². The first-order valence-electron chi connectivity index (χ1n) is 8.25. The van der Waals surface area contributed by atoms with Crippen molar-refractivity contribution < 1.29 is 4.79 Å². The molecule has 0 bridgehead atoms. The number of nitrogens with zero attached hydrogens (tertiary/aromatic N) is 2. The second-order valence-electron chi connectivity index (χ2n) is 5.96. The molecule has 1 unspecified atom stereocenters. The van der Waals surface area contributed by atoms with Crippen LogP contribution in [0.15, 0.2) is 60.8 Å². The van der Waals surface area contributed by atoms with E-state index in [1.54, 1.807) is 18.3 Å². The molecule has 3 aromatic rings. The van der Waals surface area contributed by atoms with Crippen LogP contribution in [0, 0.1) is 6.92 Å². The Kier molecular flexibility index (Phi) is 5.49. The summed E-state index contributed by atoms with van der Waals surface area (Å²) in [6, 6.07) is 16.7. The van der Waals surface area contributed by atoms with Gasteiger partial charge in [0, 0.05) is 16.9 Å². The van der Waals surface area contributed by atoms with Crippen molar-refractivity contribution in [2.45, 2.75) is 19.9 Å². The summed E-state index contributed by atoms with van der Waals surface area (Å²) in [6.07, 6.45) is 1.56. The average molecular weight is 367 g/mol. The molecular weight excluding hydrogens is 348 g/mol. The fraction of sp³-hybridized carbons (Fsp3) is 0.150. The first-order chi connectivity index (χ1) is 12.5. The zero-order chi connectivity index (χ0) is 18.5. The quantitative estimate of drug-likeness (QED) is 0.688. The van der Waals surface area contributed by atoms with E-state index in [1.165, 1.54) is 0 Å². The molecule has 0 aliphatic heterocycles. The summed E-state index contributed by atoms with van der Waals surface area (Å²) in [5.74, 6) is 0.107. The number of carbonyl (C=O) groups excluding carboxylic acids is 1. The van der Waals surface area contributed by atoms with Crippen LogP contribution in [0.1, 0.15) is 34.6 Å². The molecule has 0 fully saturated rings. The minimum atomic E-state index is -0.250. The molecule has 0 aliphatic rings. The number of halogens is 1. The third kappa shape index (κ3) is 4.37. The van der Waals surface area contributed by atoms with Crippen molar-refractivity contribution in [2.75, 3.05) is 5.32 Å². The van der Waals surface area contributed by atoms with Crippen LogP contribution in [0.2, 0.25) is 5.02 Å². The molecule has 26 heavy (non-hydrogen) atoms. The lowest BCUT2D eigenvalue weighted by Crippen LogP contribution is -2.27. The highest BCUT2D eigenvalue weighted by Crippen LogP contribution is 2.22. The molecule has 1 atom stereocenters. The molecule has 5 nitrogen and oxygen atoms in total. The van der Waals surface area contributed by atoms with E-state index in [4.69, 9.17) is 11.6 Å². The number of benzene rings is 2. The third-order valence-electron chi connectivity index (χ3n) is 3.97. The van der Waals surface area contributed by atoms with Crippen LogP contribution in [-0.2, 0) is 0 Å². The maximum atomic E-state index is 12.5. The Labute approximate surface area is 157 Å². The summed E-state index contributed by atoms with van der Waals surface area (Å²) in [4.78, 5) is 21.0. The van der Waals surface area contributed by atoms with Crippen LogP contribution in [0.5, 0.6) is 0 Å². The lowest BCUT2D eigenvalue weighted by Gasteiger charge is -2.14. The maximum absolute atomic E-state index is 12.5. The van der Waals surface area contributed by atoms with Gasteiger partial charge in [-0.3, -0.25) is 4.79 Å². The van der Waals surface area contributed by atoms with Gasteiger partial charge in [-0.25, -0.2) is 9.97 Å². The van der Waals surface area contributed by atoms with E-state index in [0.29, 0.717) is 16.7 Å². The molecule has 0 saturated carbocycles. The molecule has 3 rings (SSSR count). The molecule has 0 saturated heterocycles. The number of hydrogen-bond donors (Lipinski definition) is 2. The third-order valence-corrected chi connectivity index (χ3v) is 4.21. The summed E-state index contributed by atoms with van der Waals surface area (Å²) >= 11 is 5.97. The molecule has 0 radical (unpaired) electrons. The van der Waals surface area contributed by atoms with Gasteiger partial charge < -0.3 is 10.6 Å². The largest absolute Gasteiger partial charge is 0.344 e. The highest BCUT2D eigenvalue weighted by molar-refractivity contribution is 6.30. The SMILES string of the molecule is Cc1cc(Cl)ccc1Nc1nccc(C(=O)NC(C)c2ccccc2)n1. The maximum Gasteiger partial charge on any atom is 0.270 e. The number of amides is 1. The van der Waals surface area contributed by atoms with E-state index in [9.17, 15) is 4.79 Å². The van der Waals surface area contributed by atoms with E-state index in [0.717, 1.165) is 16.8 Å². The first kappa shape index (κ1) is 17.9. The number of rotatable bonds is 5. The van der Waals surface area contributed by atoms with Crippen molar-refractivity contribution in [3.63, 3.8) is 0 Å². The molecule has 0 spiro atoms. The predicted molar refractivity (Wildman–Crippen MR) is 104 cm³/mol. The Balaban J connectivity index is 1.73. The Morgan fingerprint density at radius 2 is 1.88 bits per heavy atom. The minimum Gasteiger partial charge on any atom is -0.344 e. The van der Waals surface area contributed by atoms with Crippen LogP contribution in [0.4, 0.5) is 11.6 Å². The smallest absolute Gasteiger partial charge is 0.270 e. The van der Waals surface area contributed by atoms with Crippen LogP contribution in [0.25, 0.3) is 0 Å². The topological polar surface area (TPSA) is 66.9 Å². The summed E-state index contributed by atoms with van der Waals surface area (Å²) in [6.45, 7) is 3.87. The molecule has 1 amide bonds. The van der Waals surface area contributed by atoms with Crippen molar-refractivity contribution in [3.05, 3.63) is 82.6 Å². The monoisotopic (exact) mass is 366 g/mol. The van der Waals surface area contributed by atoms with Gasteiger partial charge in [0.15, 0.2) is 0 Å². The van der Waals surface area contributed by atoms with Gasteiger partial charge in [0.1, 0.15) is 5.69 Å². The first-order valence-corrected chi connectivity index (χ1v) is 8.63. The highest BCUT2D eigenvalue weighted by atomic mass is 35.5. The Bertz CT molecular complexity index is 915. The van der Waals surface area contributed by atoms with Crippen LogP contribution in [0.3, 0.4) is 0 Å². The van der Waals surface area contributed by atoms with Crippen molar-refractivity contribution in [1.82, 2.24) is 15.3 Å². The molecule has 1 aromatic heterocycles. The second kappa shape index (κ2) is 7.97. The predicted octanol–water partition coefficient (Wildman–Crippen LogP) is 4.67. The number of hydrogen-bond acceptors (Lipinski definition) is 4. The van der Waals surface area contributed by atoms with E-state index in [-0.39, 0.29) is 11.9 Å². The molecular formula is C20H19ClN4O. The lowest BCUT2D eigenvalue weighted by molar-refractivity contribution is 0.0935. The van der Waals surface area contributed by atoms with Gasteiger partial charge in [-0.2, -0.15) is 0 Å². The van der Waals surface area contributed by atoms with Crippen molar-refractivity contribution in [1.29, 1.82) is 0 Å². The molecule has 2 N–H and O–H groups in total. The molecule has 0 aliphatic carbocycles. The second-order valence-corrected chi connectivity index (χ2v) is 6.39. The van der Waals surface area contributed by atoms with Crippen LogP contribution >= 0.6 is 11.6 Å². The lowest BCUT2D eigenvalue weighted by atomic mass is 10.1. The standard InChI is InChI=1S/C20H19ClN4O/c1-13-12-16(21)8-9-17(13)24-20-22-11-10-18(25-20)19(26)23-14(2)15-6-4-3-5-7-15/h3-12,14H,1-2H3,(H,23,26)(H,22,24,25). The zero-order valence-corrected chi connectivity index (χ0v) is 15.3. The van der Waals surface area contributed by atoms with E-state index in [1.807, 2.05) is 56.3 Å². The highest BCUT2D eigenvalue weighted by Gasteiger charge is 2.13.